The van der Waals surface area contributed by atoms with Crippen molar-refractivity contribution in [2.24, 2.45) is 0 Å². The van der Waals surface area contributed by atoms with Crippen molar-refractivity contribution in [3.63, 3.8) is 0 Å². The Morgan fingerprint density at radius 3 is 3.00 bits per heavy atom. The standard InChI is InChI=1S/C11H9NOS/c1-8(13)14-10-5-4-9-3-2-6-12-11(9)7-10/h2-7H,1H3. The highest BCUT2D eigenvalue weighted by atomic mass is 32.2. The molecule has 2 nitrogen and oxygen atoms in total. The van der Waals surface area contributed by atoms with Gasteiger partial charge in [-0.05, 0) is 18.2 Å². The number of carbonyl (C=O) groups is 1. The molecule has 0 N–H and O–H groups in total. The van der Waals surface area contributed by atoms with Gasteiger partial charge in [0.15, 0.2) is 5.12 Å². The van der Waals surface area contributed by atoms with Crippen LogP contribution in [-0.2, 0) is 4.79 Å². The Kier molecular flexibility index (Phi) is 2.50. The predicted molar refractivity (Wildman–Crippen MR) is 58.3 cm³/mol. The summed E-state index contributed by atoms with van der Waals surface area (Å²) >= 11 is 1.23. The van der Waals surface area contributed by atoms with Crippen LogP contribution >= 0.6 is 11.8 Å². The first-order valence-corrected chi connectivity index (χ1v) is 5.10. The fourth-order valence-electron chi connectivity index (χ4n) is 1.28. The summed E-state index contributed by atoms with van der Waals surface area (Å²) < 4.78 is 0. The largest absolute Gasteiger partial charge is 0.287 e. The number of rotatable bonds is 1. The molecule has 0 spiro atoms. The van der Waals surface area contributed by atoms with Crippen molar-refractivity contribution in [1.29, 1.82) is 0 Å². The van der Waals surface area contributed by atoms with Crippen LogP contribution in [0.1, 0.15) is 6.92 Å². The molecule has 0 saturated carbocycles. The Hall–Kier alpha value is -1.35. The second-order valence-electron chi connectivity index (χ2n) is 2.95. The lowest BCUT2D eigenvalue weighted by Gasteiger charge is -1.99. The van der Waals surface area contributed by atoms with Gasteiger partial charge in [0.1, 0.15) is 0 Å². The van der Waals surface area contributed by atoms with E-state index in [4.69, 9.17) is 0 Å². The van der Waals surface area contributed by atoms with Crippen LogP contribution in [0.3, 0.4) is 0 Å². The summed E-state index contributed by atoms with van der Waals surface area (Å²) in [5.74, 6) is 0. The van der Waals surface area contributed by atoms with E-state index in [1.807, 2.05) is 30.3 Å². The summed E-state index contributed by atoms with van der Waals surface area (Å²) in [5.41, 5.74) is 0.929. The highest BCUT2D eigenvalue weighted by molar-refractivity contribution is 8.13. The maximum absolute atomic E-state index is 10.9. The van der Waals surface area contributed by atoms with Crippen molar-refractivity contribution < 1.29 is 4.79 Å². The first-order valence-electron chi connectivity index (χ1n) is 4.29. The average Bonchev–Trinajstić information content (AvgIpc) is 2.17. The van der Waals surface area contributed by atoms with Crippen LogP contribution in [0.5, 0.6) is 0 Å². The van der Waals surface area contributed by atoms with Crippen LogP contribution in [0.2, 0.25) is 0 Å². The highest BCUT2D eigenvalue weighted by Crippen LogP contribution is 2.22. The molecule has 0 aliphatic carbocycles. The van der Waals surface area contributed by atoms with E-state index >= 15 is 0 Å². The number of carbonyl (C=O) groups excluding carboxylic acids is 1. The van der Waals surface area contributed by atoms with E-state index in [9.17, 15) is 4.79 Å². The number of pyridine rings is 1. The second kappa shape index (κ2) is 3.80. The normalized spacial score (nSPS) is 10.4. The summed E-state index contributed by atoms with van der Waals surface area (Å²) in [6, 6.07) is 9.76. The molecule has 0 saturated heterocycles. The molecule has 1 aromatic carbocycles. The summed E-state index contributed by atoms with van der Waals surface area (Å²) in [6.45, 7) is 1.56. The average molecular weight is 203 g/mol. The molecule has 0 radical (unpaired) electrons. The molecule has 0 amide bonds. The fourth-order valence-corrected chi connectivity index (χ4v) is 1.91. The Morgan fingerprint density at radius 1 is 1.36 bits per heavy atom. The number of fused-ring (bicyclic) bond motifs is 1. The number of hydrogen-bond acceptors (Lipinski definition) is 3. The molecule has 0 fully saturated rings. The van der Waals surface area contributed by atoms with Crippen molar-refractivity contribution >= 4 is 27.8 Å². The summed E-state index contributed by atoms with van der Waals surface area (Å²) in [5, 5.41) is 1.20. The van der Waals surface area contributed by atoms with Crippen molar-refractivity contribution in [3.8, 4) is 0 Å². The molecule has 0 aliphatic heterocycles. The molecule has 0 atom stereocenters. The smallest absolute Gasteiger partial charge is 0.190 e. The quantitative estimate of drug-likeness (QED) is 0.667. The number of hydrogen-bond donors (Lipinski definition) is 0. The van der Waals surface area contributed by atoms with Crippen LogP contribution in [-0.4, -0.2) is 10.1 Å². The lowest BCUT2D eigenvalue weighted by molar-refractivity contribution is -0.109. The number of benzene rings is 1. The summed E-state index contributed by atoms with van der Waals surface area (Å²) in [4.78, 5) is 16.1. The van der Waals surface area contributed by atoms with Crippen LogP contribution in [0.4, 0.5) is 0 Å². The number of aromatic nitrogens is 1. The van der Waals surface area contributed by atoms with Gasteiger partial charge in [0.25, 0.3) is 0 Å². The Bertz CT molecular complexity index is 481. The maximum Gasteiger partial charge on any atom is 0.190 e. The molecular weight excluding hydrogens is 194 g/mol. The minimum Gasteiger partial charge on any atom is -0.287 e. The number of thioether (sulfide) groups is 1. The maximum atomic E-state index is 10.9. The monoisotopic (exact) mass is 203 g/mol. The molecule has 0 aliphatic rings. The van der Waals surface area contributed by atoms with Crippen LogP contribution < -0.4 is 0 Å². The van der Waals surface area contributed by atoms with Gasteiger partial charge in [0.2, 0.25) is 0 Å². The van der Waals surface area contributed by atoms with E-state index in [-0.39, 0.29) is 5.12 Å². The molecule has 0 unspecified atom stereocenters. The third-order valence-electron chi connectivity index (χ3n) is 1.84. The molecule has 3 heteroatoms. The Morgan fingerprint density at radius 2 is 2.21 bits per heavy atom. The molecule has 0 bridgehead atoms. The van der Waals surface area contributed by atoms with Crippen molar-refractivity contribution in [3.05, 3.63) is 36.5 Å². The second-order valence-corrected chi connectivity index (χ2v) is 4.20. The molecule has 14 heavy (non-hydrogen) atoms. The van der Waals surface area contributed by atoms with Crippen molar-refractivity contribution in [2.45, 2.75) is 11.8 Å². The van der Waals surface area contributed by atoms with Crippen LogP contribution in [0.15, 0.2) is 41.4 Å². The predicted octanol–water partition coefficient (Wildman–Crippen LogP) is 2.87. The minimum absolute atomic E-state index is 0.0975. The van der Waals surface area contributed by atoms with Gasteiger partial charge in [-0.3, -0.25) is 9.78 Å². The van der Waals surface area contributed by atoms with E-state index in [0.29, 0.717) is 0 Å². The zero-order chi connectivity index (χ0) is 9.97. The Balaban J connectivity index is 2.46. The van der Waals surface area contributed by atoms with Gasteiger partial charge in [-0.25, -0.2) is 0 Å². The highest BCUT2D eigenvalue weighted by Gasteiger charge is 2.00. The molecule has 1 aromatic heterocycles. The van der Waals surface area contributed by atoms with Gasteiger partial charge in [0.05, 0.1) is 5.52 Å². The minimum atomic E-state index is 0.0975. The zero-order valence-electron chi connectivity index (χ0n) is 7.73. The first kappa shape index (κ1) is 9.21. The molecule has 70 valence electrons. The zero-order valence-corrected chi connectivity index (χ0v) is 8.54. The lowest BCUT2D eigenvalue weighted by Crippen LogP contribution is -1.82. The summed E-state index contributed by atoms with van der Waals surface area (Å²) in [6.07, 6.45) is 1.75. The fraction of sp³-hybridized carbons (Fsp3) is 0.0909. The molecular formula is C11H9NOS. The van der Waals surface area contributed by atoms with Gasteiger partial charge >= 0.3 is 0 Å². The van der Waals surface area contributed by atoms with E-state index < -0.39 is 0 Å². The number of nitrogens with zero attached hydrogens (tertiary/aromatic N) is 1. The van der Waals surface area contributed by atoms with E-state index in [1.165, 1.54) is 11.8 Å². The Labute approximate surface area is 86.3 Å². The molecule has 1 heterocycles. The van der Waals surface area contributed by atoms with E-state index in [0.717, 1.165) is 15.8 Å². The molecule has 2 aromatic rings. The molecule has 2 rings (SSSR count). The third kappa shape index (κ3) is 1.93. The van der Waals surface area contributed by atoms with Gasteiger partial charge in [-0.15, -0.1) is 0 Å². The topological polar surface area (TPSA) is 30.0 Å². The van der Waals surface area contributed by atoms with Gasteiger partial charge in [-0.1, -0.05) is 23.9 Å². The lowest BCUT2D eigenvalue weighted by atomic mass is 10.2. The van der Waals surface area contributed by atoms with Crippen molar-refractivity contribution in [2.75, 3.05) is 0 Å². The van der Waals surface area contributed by atoms with E-state index in [1.54, 1.807) is 13.1 Å². The van der Waals surface area contributed by atoms with Gasteiger partial charge in [0, 0.05) is 23.4 Å². The van der Waals surface area contributed by atoms with Crippen molar-refractivity contribution in [1.82, 2.24) is 4.98 Å². The SMILES string of the molecule is CC(=O)Sc1ccc2cccnc2c1. The van der Waals surface area contributed by atoms with Gasteiger partial charge in [-0.2, -0.15) is 0 Å². The van der Waals surface area contributed by atoms with Gasteiger partial charge < -0.3 is 0 Å². The van der Waals surface area contributed by atoms with Crippen LogP contribution in [0, 0.1) is 0 Å². The van der Waals surface area contributed by atoms with E-state index in [2.05, 4.69) is 4.98 Å². The third-order valence-corrected chi connectivity index (χ3v) is 2.62. The first-order chi connectivity index (χ1) is 6.75. The summed E-state index contributed by atoms with van der Waals surface area (Å²) in [7, 11) is 0. The van der Waals surface area contributed by atoms with Crippen LogP contribution in [0.25, 0.3) is 10.9 Å².